The molecule has 1 aromatic heterocycles. The Bertz CT molecular complexity index is 1040. The molecule has 30 heavy (non-hydrogen) atoms. The number of aromatic nitrogens is 4. The molecule has 0 aliphatic rings. The molecule has 2 aromatic carbocycles. The smallest absolute Gasteiger partial charge is 0.337 e. The van der Waals surface area contributed by atoms with E-state index >= 15 is 0 Å². The van der Waals surface area contributed by atoms with E-state index in [9.17, 15) is 14.4 Å². The second-order valence-corrected chi connectivity index (χ2v) is 6.77. The zero-order chi connectivity index (χ0) is 21.5. The number of carbonyl (C=O) groups is 3. The minimum Gasteiger partial charge on any atom is -0.465 e. The molecular formula is C19H17N5O5S. The van der Waals surface area contributed by atoms with Crippen LogP contribution in [0.2, 0.25) is 0 Å². The van der Waals surface area contributed by atoms with Crippen molar-refractivity contribution in [2.24, 2.45) is 0 Å². The number of nitrogens with one attached hydrogen (secondary N) is 1. The third-order valence-electron chi connectivity index (χ3n) is 3.83. The quantitative estimate of drug-likeness (QED) is 0.445. The first kappa shape index (κ1) is 21.0. The van der Waals surface area contributed by atoms with Crippen molar-refractivity contribution in [3.05, 3.63) is 59.7 Å². The largest absolute Gasteiger partial charge is 0.465 e. The van der Waals surface area contributed by atoms with Crippen LogP contribution >= 0.6 is 11.8 Å². The van der Waals surface area contributed by atoms with Gasteiger partial charge in [-0.15, -0.1) is 5.10 Å². The van der Waals surface area contributed by atoms with Gasteiger partial charge in [0.2, 0.25) is 11.1 Å². The van der Waals surface area contributed by atoms with Crippen LogP contribution in [0.25, 0.3) is 5.69 Å². The summed E-state index contributed by atoms with van der Waals surface area (Å²) in [5, 5.41) is 14.6. The van der Waals surface area contributed by atoms with Crippen LogP contribution in [0.3, 0.4) is 0 Å². The molecule has 1 amide bonds. The fourth-order valence-corrected chi connectivity index (χ4v) is 3.19. The number of benzene rings is 2. The number of para-hydroxylation sites is 1. The molecule has 0 aliphatic heterocycles. The molecule has 10 nitrogen and oxygen atoms in total. The highest BCUT2D eigenvalue weighted by atomic mass is 32.2. The van der Waals surface area contributed by atoms with Crippen LogP contribution in [0.15, 0.2) is 53.7 Å². The molecule has 0 unspecified atom stereocenters. The van der Waals surface area contributed by atoms with Gasteiger partial charge < -0.3 is 14.8 Å². The molecule has 0 atom stereocenters. The number of tetrazole rings is 1. The van der Waals surface area contributed by atoms with E-state index < -0.39 is 11.9 Å². The number of hydrogen-bond donors (Lipinski definition) is 1. The van der Waals surface area contributed by atoms with Gasteiger partial charge in [0.15, 0.2) is 0 Å². The number of anilines is 1. The highest BCUT2D eigenvalue weighted by Crippen LogP contribution is 2.20. The first-order valence-electron chi connectivity index (χ1n) is 8.60. The topological polar surface area (TPSA) is 125 Å². The van der Waals surface area contributed by atoms with Crippen LogP contribution < -0.4 is 5.32 Å². The summed E-state index contributed by atoms with van der Waals surface area (Å²) in [6.07, 6.45) is 0. The lowest BCUT2D eigenvalue weighted by molar-refractivity contribution is -0.113. The normalized spacial score (nSPS) is 10.3. The summed E-state index contributed by atoms with van der Waals surface area (Å²) in [6, 6.07) is 13.4. The number of nitrogens with zero attached hydrogens (tertiary/aromatic N) is 4. The predicted molar refractivity (Wildman–Crippen MR) is 108 cm³/mol. The highest BCUT2D eigenvalue weighted by Gasteiger charge is 2.16. The molecule has 0 bridgehead atoms. The fourth-order valence-electron chi connectivity index (χ4n) is 2.50. The second-order valence-electron chi connectivity index (χ2n) is 5.83. The minimum absolute atomic E-state index is 0.00319. The molecule has 1 heterocycles. The lowest BCUT2D eigenvalue weighted by Crippen LogP contribution is -2.16. The van der Waals surface area contributed by atoms with Crippen LogP contribution in [0.5, 0.6) is 0 Å². The van der Waals surface area contributed by atoms with Gasteiger partial charge in [-0.05, 0) is 40.8 Å². The average molecular weight is 427 g/mol. The molecule has 3 rings (SSSR count). The van der Waals surface area contributed by atoms with Crippen molar-refractivity contribution in [2.75, 3.05) is 25.3 Å². The number of rotatable bonds is 7. The molecule has 0 saturated heterocycles. The van der Waals surface area contributed by atoms with E-state index in [1.165, 1.54) is 37.1 Å². The summed E-state index contributed by atoms with van der Waals surface area (Å²) in [7, 11) is 2.44. The summed E-state index contributed by atoms with van der Waals surface area (Å²) in [5.74, 6) is -1.66. The number of hydrogen-bond acceptors (Lipinski definition) is 9. The second kappa shape index (κ2) is 9.65. The Labute approximate surface area is 175 Å². The Morgan fingerprint density at radius 2 is 1.63 bits per heavy atom. The average Bonchev–Trinajstić information content (AvgIpc) is 3.25. The zero-order valence-corrected chi connectivity index (χ0v) is 16.9. The van der Waals surface area contributed by atoms with Gasteiger partial charge in [0.05, 0.1) is 36.8 Å². The molecule has 3 aromatic rings. The van der Waals surface area contributed by atoms with E-state index in [0.717, 1.165) is 17.4 Å². The van der Waals surface area contributed by atoms with E-state index in [-0.39, 0.29) is 28.5 Å². The summed E-state index contributed by atoms with van der Waals surface area (Å²) >= 11 is 1.14. The van der Waals surface area contributed by atoms with Gasteiger partial charge in [-0.1, -0.05) is 30.0 Å². The van der Waals surface area contributed by atoms with Crippen molar-refractivity contribution in [1.29, 1.82) is 0 Å². The zero-order valence-electron chi connectivity index (χ0n) is 16.1. The van der Waals surface area contributed by atoms with Gasteiger partial charge in [0.1, 0.15) is 0 Å². The Morgan fingerprint density at radius 3 is 2.23 bits per heavy atom. The maximum atomic E-state index is 12.4. The van der Waals surface area contributed by atoms with Crippen LogP contribution in [-0.4, -0.2) is 58.0 Å². The molecule has 0 saturated carbocycles. The summed E-state index contributed by atoms with van der Waals surface area (Å²) in [6.45, 7) is 0. The summed E-state index contributed by atoms with van der Waals surface area (Å²) in [4.78, 5) is 36.1. The molecule has 1 N–H and O–H groups in total. The van der Waals surface area contributed by atoms with Crippen molar-refractivity contribution < 1.29 is 23.9 Å². The Hall–Kier alpha value is -3.73. The van der Waals surface area contributed by atoms with Gasteiger partial charge in [-0.2, -0.15) is 4.68 Å². The number of thioether (sulfide) groups is 1. The molecular weight excluding hydrogens is 410 g/mol. The van der Waals surface area contributed by atoms with Crippen LogP contribution in [0.1, 0.15) is 20.7 Å². The lowest BCUT2D eigenvalue weighted by atomic mass is 10.1. The monoisotopic (exact) mass is 427 g/mol. The van der Waals surface area contributed by atoms with E-state index in [2.05, 4.69) is 30.3 Å². The van der Waals surface area contributed by atoms with Crippen molar-refractivity contribution in [2.45, 2.75) is 5.16 Å². The van der Waals surface area contributed by atoms with Crippen molar-refractivity contribution in [3.63, 3.8) is 0 Å². The Kier molecular flexibility index (Phi) is 6.75. The fraction of sp³-hybridized carbons (Fsp3) is 0.158. The van der Waals surface area contributed by atoms with E-state index in [1.807, 2.05) is 30.3 Å². The molecule has 154 valence electrons. The minimum atomic E-state index is -0.646. The van der Waals surface area contributed by atoms with Crippen LogP contribution in [-0.2, 0) is 14.3 Å². The van der Waals surface area contributed by atoms with Crippen molar-refractivity contribution in [1.82, 2.24) is 20.2 Å². The van der Waals surface area contributed by atoms with Gasteiger partial charge in [-0.25, -0.2) is 9.59 Å². The number of amides is 1. The highest BCUT2D eigenvalue weighted by molar-refractivity contribution is 7.99. The number of methoxy groups -OCH3 is 2. The number of esters is 2. The SMILES string of the molecule is COC(=O)c1cc(NC(=O)CSc2nnnn2-c2ccccc2)cc(C(=O)OC)c1. The Morgan fingerprint density at radius 1 is 1.00 bits per heavy atom. The van der Waals surface area contributed by atoms with Gasteiger partial charge in [0, 0.05) is 5.69 Å². The third kappa shape index (κ3) is 5.00. The molecule has 0 fully saturated rings. The van der Waals surface area contributed by atoms with Gasteiger partial charge in [-0.3, -0.25) is 4.79 Å². The van der Waals surface area contributed by atoms with Crippen LogP contribution in [0.4, 0.5) is 5.69 Å². The first-order chi connectivity index (χ1) is 14.5. The number of ether oxygens (including phenoxy) is 2. The maximum absolute atomic E-state index is 12.4. The van der Waals surface area contributed by atoms with E-state index in [4.69, 9.17) is 0 Å². The predicted octanol–water partition coefficient (Wildman–Crippen LogP) is 1.97. The summed E-state index contributed by atoms with van der Waals surface area (Å²) in [5.41, 5.74) is 1.23. The van der Waals surface area contributed by atoms with Gasteiger partial charge in [0.25, 0.3) is 0 Å². The van der Waals surface area contributed by atoms with E-state index in [1.54, 1.807) is 0 Å². The van der Waals surface area contributed by atoms with E-state index in [0.29, 0.717) is 5.16 Å². The maximum Gasteiger partial charge on any atom is 0.337 e. The van der Waals surface area contributed by atoms with Crippen molar-refractivity contribution >= 4 is 35.3 Å². The standard InChI is InChI=1S/C19H17N5O5S/c1-28-17(26)12-8-13(18(27)29-2)10-14(9-12)20-16(25)11-30-19-21-22-23-24(19)15-6-4-3-5-7-15/h3-10H,11H2,1-2H3,(H,20,25). The van der Waals surface area contributed by atoms with Gasteiger partial charge >= 0.3 is 11.9 Å². The molecule has 0 spiro atoms. The molecule has 0 aliphatic carbocycles. The first-order valence-corrected chi connectivity index (χ1v) is 9.58. The van der Waals surface area contributed by atoms with Crippen LogP contribution in [0, 0.1) is 0 Å². The third-order valence-corrected chi connectivity index (χ3v) is 4.75. The molecule has 11 heteroatoms. The van der Waals surface area contributed by atoms with Crippen molar-refractivity contribution in [3.8, 4) is 5.69 Å². The lowest BCUT2D eigenvalue weighted by Gasteiger charge is -2.09. The number of carbonyl (C=O) groups excluding carboxylic acids is 3. The Balaban J connectivity index is 1.72. The molecule has 0 radical (unpaired) electrons. The summed E-state index contributed by atoms with van der Waals surface area (Å²) < 4.78 is 10.9.